The van der Waals surface area contributed by atoms with Crippen LogP contribution in [0.3, 0.4) is 0 Å². The molecule has 0 fully saturated rings. The van der Waals surface area contributed by atoms with Crippen molar-refractivity contribution in [3.8, 4) is 0 Å². The van der Waals surface area contributed by atoms with Crippen LogP contribution in [0.5, 0.6) is 0 Å². The summed E-state index contributed by atoms with van der Waals surface area (Å²) >= 11 is 4.55. The molecule has 0 aliphatic carbocycles. The van der Waals surface area contributed by atoms with Crippen LogP contribution in [0.2, 0.25) is 0 Å². The Morgan fingerprint density at radius 3 is 2.88 bits per heavy atom. The fraction of sp³-hybridized carbons (Fsp3) is 0. The third-order valence-corrected chi connectivity index (χ3v) is 3.62. The summed E-state index contributed by atoms with van der Waals surface area (Å²) in [7, 11) is 0. The number of carbonyl (C=O) groups is 1. The largest absolute Gasteiger partial charge is 0.306 e. The van der Waals surface area contributed by atoms with Gasteiger partial charge in [0.25, 0.3) is 5.91 Å². The number of hydrogen-bond donors (Lipinski definition) is 1. The summed E-state index contributed by atoms with van der Waals surface area (Å²) in [5, 5.41) is 4.31. The molecule has 2 heterocycles. The van der Waals surface area contributed by atoms with E-state index in [4.69, 9.17) is 0 Å². The van der Waals surface area contributed by atoms with Gasteiger partial charge in [-0.15, -0.1) is 11.3 Å². The predicted molar refractivity (Wildman–Crippen MR) is 64.2 cm³/mol. The van der Waals surface area contributed by atoms with Gasteiger partial charge in [-0.3, -0.25) is 4.79 Å². The molecule has 2 aromatic rings. The van der Waals surface area contributed by atoms with Crippen LogP contribution in [-0.2, 0) is 0 Å². The van der Waals surface area contributed by atoms with Crippen molar-refractivity contribution < 1.29 is 9.18 Å². The maximum absolute atomic E-state index is 12.8. The first-order chi connectivity index (χ1) is 7.66. The Kier molecular flexibility index (Phi) is 3.31. The zero-order valence-corrected chi connectivity index (χ0v) is 10.3. The molecule has 0 saturated carbocycles. The first kappa shape index (κ1) is 11.2. The zero-order valence-electron chi connectivity index (χ0n) is 7.91. The molecule has 0 aliphatic rings. The summed E-state index contributed by atoms with van der Waals surface area (Å²) in [6.07, 6.45) is 0. The normalized spacial score (nSPS) is 10.1. The Morgan fingerprint density at radius 1 is 1.44 bits per heavy atom. The number of nitrogens with zero attached hydrogens (tertiary/aromatic N) is 1. The van der Waals surface area contributed by atoms with E-state index in [1.807, 2.05) is 0 Å². The average Bonchev–Trinajstić information content (AvgIpc) is 2.64. The van der Waals surface area contributed by atoms with E-state index in [0.717, 1.165) is 0 Å². The second-order valence-electron chi connectivity index (χ2n) is 2.90. The summed E-state index contributed by atoms with van der Waals surface area (Å²) in [5.74, 6) is -0.728. The minimum absolute atomic E-state index is 0.199. The third-order valence-electron chi connectivity index (χ3n) is 1.78. The van der Waals surface area contributed by atoms with Crippen molar-refractivity contribution >= 4 is 39.0 Å². The van der Waals surface area contributed by atoms with Crippen LogP contribution in [0, 0.1) is 5.95 Å². The van der Waals surface area contributed by atoms with Crippen molar-refractivity contribution in [1.82, 2.24) is 4.98 Å². The van der Waals surface area contributed by atoms with Crippen molar-refractivity contribution in [3.05, 3.63) is 44.9 Å². The van der Waals surface area contributed by atoms with Crippen LogP contribution in [0.15, 0.2) is 34.1 Å². The van der Waals surface area contributed by atoms with E-state index in [1.54, 1.807) is 11.4 Å². The van der Waals surface area contributed by atoms with Crippen molar-refractivity contribution in [2.75, 3.05) is 5.32 Å². The number of hydrogen-bond acceptors (Lipinski definition) is 3. The second kappa shape index (κ2) is 4.71. The fourth-order valence-electron chi connectivity index (χ4n) is 1.11. The maximum atomic E-state index is 12.8. The Labute approximate surface area is 103 Å². The summed E-state index contributed by atoms with van der Waals surface area (Å²) in [6, 6.07) is 6.01. The number of carbonyl (C=O) groups excluding carboxylic acids is 1. The second-order valence-corrected chi connectivity index (χ2v) is 4.67. The van der Waals surface area contributed by atoms with Gasteiger partial charge in [-0.05, 0) is 39.5 Å². The van der Waals surface area contributed by atoms with Gasteiger partial charge in [-0.1, -0.05) is 6.07 Å². The smallest absolute Gasteiger partial charge is 0.268 e. The number of amides is 1. The van der Waals surface area contributed by atoms with Crippen molar-refractivity contribution in [2.45, 2.75) is 0 Å². The number of pyridine rings is 1. The number of halogens is 2. The highest BCUT2D eigenvalue weighted by Gasteiger charge is 2.12. The van der Waals surface area contributed by atoms with Gasteiger partial charge in [0.1, 0.15) is 10.7 Å². The molecule has 0 radical (unpaired) electrons. The molecule has 1 amide bonds. The van der Waals surface area contributed by atoms with Gasteiger partial charge in [0.05, 0.1) is 0 Å². The quantitative estimate of drug-likeness (QED) is 0.865. The summed E-state index contributed by atoms with van der Waals surface area (Å²) < 4.78 is 13.5. The van der Waals surface area contributed by atoms with E-state index in [-0.39, 0.29) is 11.7 Å². The molecule has 0 atom stereocenters. The van der Waals surface area contributed by atoms with E-state index < -0.39 is 5.95 Å². The van der Waals surface area contributed by atoms with Gasteiger partial charge >= 0.3 is 0 Å². The zero-order chi connectivity index (χ0) is 11.5. The van der Waals surface area contributed by atoms with Crippen molar-refractivity contribution in [3.63, 3.8) is 0 Å². The van der Waals surface area contributed by atoms with Crippen LogP contribution >= 0.6 is 27.3 Å². The van der Waals surface area contributed by atoms with Gasteiger partial charge in [0, 0.05) is 4.47 Å². The standard InChI is InChI=1S/C10H6BrFN2OS/c11-6-4-5-16-9(6)10(15)14-8-3-1-2-7(12)13-8/h1-5H,(H,13,14,15). The molecule has 0 spiro atoms. The lowest BCUT2D eigenvalue weighted by molar-refractivity contribution is 0.102. The molecular formula is C10H6BrFN2OS. The molecule has 16 heavy (non-hydrogen) atoms. The highest BCUT2D eigenvalue weighted by atomic mass is 79.9. The lowest BCUT2D eigenvalue weighted by Gasteiger charge is -2.02. The van der Waals surface area contributed by atoms with Gasteiger partial charge < -0.3 is 5.32 Å². The highest BCUT2D eigenvalue weighted by molar-refractivity contribution is 9.10. The van der Waals surface area contributed by atoms with Crippen molar-refractivity contribution in [2.24, 2.45) is 0 Å². The highest BCUT2D eigenvalue weighted by Crippen LogP contribution is 2.23. The van der Waals surface area contributed by atoms with Crippen LogP contribution in [0.4, 0.5) is 10.2 Å². The molecule has 1 N–H and O–H groups in total. The fourth-order valence-corrected chi connectivity index (χ4v) is 2.55. The predicted octanol–water partition coefficient (Wildman–Crippen LogP) is 3.30. The Balaban J connectivity index is 2.17. The Hall–Kier alpha value is -1.27. The molecule has 3 nitrogen and oxygen atoms in total. The molecule has 82 valence electrons. The number of rotatable bonds is 2. The first-order valence-corrected chi connectivity index (χ1v) is 6.01. The van der Waals surface area contributed by atoms with Gasteiger partial charge in [0.15, 0.2) is 0 Å². The molecule has 0 saturated heterocycles. The lowest BCUT2D eigenvalue weighted by atomic mass is 10.4. The first-order valence-electron chi connectivity index (χ1n) is 4.34. The molecule has 6 heteroatoms. The molecule has 2 aromatic heterocycles. The SMILES string of the molecule is O=C(Nc1cccc(F)n1)c1sccc1Br. The van der Waals surface area contributed by atoms with Crippen LogP contribution in [0.1, 0.15) is 9.67 Å². The monoisotopic (exact) mass is 300 g/mol. The van der Waals surface area contributed by atoms with Crippen LogP contribution in [0.25, 0.3) is 0 Å². The number of thiophene rings is 1. The van der Waals surface area contributed by atoms with Crippen molar-refractivity contribution in [1.29, 1.82) is 0 Å². The van der Waals surface area contributed by atoms with E-state index in [2.05, 4.69) is 26.2 Å². The van der Waals surface area contributed by atoms with Gasteiger partial charge in [0.2, 0.25) is 5.95 Å². The Bertz CT molecular complexity index is 529. The lowest BCUT2D eigenvalue weighted by Crippen LogP contribution is -2.12. The Morgan fingerprint density at radius 2 is 2.25 bits per heavy atom. The minimum atomic E-state index is -0.622. The summed E-state index contributed by atoms with van der Waals surface area (Å²) in [4.78, 5) is 15.8. The number of nitrogens with one attached hydrogen (secondary N) is 1. The minimum Gasteiger partial charge on any atom is -0.306 e. The number of aromatic nitrogens is 1. The molecule has 0 aromatic carbocycles. The van der Waals surface area contributed by atoms with E-state index in [1.165, 1.54) is 29.5 Å². The van der Waals surface area contributed by atoms with E-state index >= 15 is 0 Å². The molecule has 0 aliphatic heterocycles. The van der Waals surface area contributed by atoms with Gasteiger partial charge in [-0.25, -0.2) is 4.98 Å². The van der Waals surface area contributed by atoms with Crippen LogP contribution < -0.4 is 5.32 Å². The molecular weight excluding hydrogens is 295 g/mol. The van der Waals surface area contributed by atoms with Crippen LogP contribution in [-0.4, -0.2) is 10.9 Å². The summed E-state index contributed by atoms with van der Waals surface area (Å²) in [6.45, 7) is 0. The van der Waals surface area contributed by atoms with E-state index in [9.17, 15) is 9.18 Å². The maximum Gasteiger partial charge on any atom is 0.268 e. The summed E-state index contributed by atoms with van der Waals surface area (Å²) in [5.41, 5.74) is 0. The molecule has 0 bridgehead atoms. The average molecular weight is 301 g/mol. The third kappa shape index (κ3) is 2.45. The number of anilines is 1. The van der Waals surface area contributed by atoms with E-state index in [0.29, 0.717) is 9.35 Å². The van der Waals surface area contributed by atoms with Gasteiger partial charge in [-0.2, -0.15) is 4.39 Å². The topological polar surface area (TPSA) is 42.0 Å². The molecule has 2 rings (SSSR count). The molecule has 0 unspecified atom stereocenters.